The van der Waals surface area contributed by atoms with E-state index in [-0.39, 0.29) is 12.5 Å². The molecule has 0 aliphatic rings. The molecule has 0 heterocycles. The van der Waals surface area contributed by atoms with Gasteiger partial charge in [0.05, 0.1) is 7.11 Å². The van der Waals surface area contributed by atoms with Crippen molar-refractivity contribution in [2.75, 3.05) is 13.7 Å². The summed E-state index contributed by atoms with van der Waals surface area (Å²) in [6, 6.07) is 8.03. The zero-order valence-corrected chi connectivity index (χ0v) is 14.5. The molecule has 0 radical (unpaired) electrons. The van der Waals surface area contributed by atoms with Crippen molar-refractivity contribution in [3.05, 3.63) is 35.4 Å². The van der Waals surface area contributed by atoms with Crippen molar-refractivity contribution in [2.24, 2.45) is 5.41 Å². The third-order valence-corrected chi connectivity index (χ3v) is 3.51. The average molecular weight is 305 g/mol. The highest BCUT2D eigenvalue weighted by molar-refractivity contribution is 5.85. The minimum Gasteiger partial charge on any atom is -0.468 e. The Bertz CT molecular complexity index is 529. The summed E-state index contributed by atoms with van der Waals surface area (Å²) in [6.45, 7) is 10.2. The lowest BCUT2D eigenvalue weighted by molar-refractivity contribution is -0.150. The van der Waals surface area contributed by atoms with E-state index in [1.54, 1.807) is 4.90 Å². The molecule has 1 aromatic carbocycles. The molecule has 0 saturated heterocycles. The Morgan fingerprint density at radius 2 is 1.77 bits per heavy atom. The number of rotatable bonds is 5. The first-order valence-corrected chi connectivity index (χ1v) is 7.60. The Morgan fingerprint density at radius 1 is 1.18 bits per heavy atom. The molecule has 0 fully saturated rings. The molecule has 4 nitrogen and oxygen atoms in total. The number of ether oxygens (including phenoxy) is 1. The van der Waals surface area contributed by atoms with Gasteiger partial charge in [0.15, 0.2) is 0 Å². The van der Waals surface area contributed by atoms with Gasteiger partial charge >= 0.3 is 5.97 Å². The van der Waals surface area contributed by atoms with Crippen LogP contribution in [-0.2, 0) is 20.9 Å². The second-order valence-corrected chi connectivity index (χ2v) is 6.84. The number of esters is 1. The molecule has 122 valence electrons. The second-order valence-electron chi connectivity index (χ2n) is 6.84. The Morgan fingerprint density at radius 3 is 2.27 bits per heavy atom. The quantitative estimate of drug-likeness (QED) is 0.784. The van der Waals surface area contributed by atoms with Gasteiger partial charge in [0.2, 0.25) is 5.91 Å². The molecular weight excluding hydrogens is 278 g/mol. The van der Waals surface area contributed by atoms with E-state index in [9.17, 15) is 9.59 Å². The summed E-state index contributed by atoms with van der Waals surface area (Å²) in [5, 5.41) is 0. The van der Waals surface area contributed by atoms with Crippen LogP contribution in [0.5, 0.6) is 0 Å². The van der Waals surface area contributed by atoms with Crippen LogP contribution in [0.1, 0.15) is 51.7 Å². The highest BCUT2D eigenvalue weighted by Gasteiger charge is 2.29. The third kappa shape index (κ3) is 4.86. The highest BCUT2D eigenvalue weighted by Crippen LogP contribution is 2.23. The van der Waals surface area contributed by atoms with Crippen LogP contribution in [0.15, 0.2) is 24.3 Å². The van der Waals surface area contributed by atoms with Gasteiger partial charge in [-0.15, -0.1) is 0 Å². The number of nitrogens with zero attached hydrogens (tertiary/aromatic N) is 1. The molecule has 0 aliphatic heterocycles. The van der Waals surface area contributed by atoms with E-state index in [1.807, 2.05) is 39.0 Å². The minimum atomic E-state index is -0.541. The van der Waals surface area contributed by atoms with Crippen molar-refractivity contribution < 1.29 is 14.3 Å². The molecule has 0 bridgehead atoms. The fourth-order valence-corrected chi connectivity index (χ4v) is 2.34. The minimum absolute atomic E-state index is 0.0287. The van der Waals surface area contributed by atoms with Crippen molar-refractivity contribution in [1.29, 1.82) is 0 Å². The van der Waals surface area contributed by atoms with Gasteiger partial charge in [-0.2, -0.15) is 0 Å². The lowest BCUT2D eigenvalue weighted by Crippen LogP contribution is -2.42. The van der Waals surface area contributed by atoms with Gasteiger partial charge in [0.1, 0.15) is 6.54 Å². The Kier molecular flexibility index (Phi) is 6.15. The first-order chi connectivity index (χ1) is 10.2. The largest absolute Gasteiger partial charge is 0.468 e. The van der Waals surface area contributed by atoms with Gasteiger partial charge in [0.25, 0.3) is 0 Å². The van der Waals surface area contributed by atoms with E-state index in [4.69, 9.17) is 4.74 Å². The lowest BCUT2D eigenvalue weighted by atomic mass is 9.93. The van der Waals surface area contributed by atoms with Crippen LogP contribution in [0, 0.1) is 5.41 Å². The van der Waals surface area contributed by atoms with E-state index in [0.717, 1.165) is 5.56 Å². The maximum absolute atomic E-state index is 12.6. The topological polar surface area (TPSA) is 46.6 Å². The summed E-state index contributed by atoms with van der Waals surface area (Å²) in [7, 11) is 1.34. The van der Waals surface area contributed by atoms with Crippen molar-refractivity contribution in [1.82, 2.24) is 4.90 Å². The summed E-state index contributed by atoms with van der Waals surface area (Å²) in [4.78, 5) is 25.8. The fraction of sp³-hybridized carbons (Fsp3) is 0.556. The van der Waals surface area contributed by atoms with Crippen molar-refractivity contribution in [3.8, 4) is 0 Å². The molecular formula is C18H27NO3. The number of methoxy groups -OCH3 is 1. The molecule has 1 rings (SSSR count). The third-order valence-electron chi connectivity index (χ3n) is 3.51. The number of amides is 1. The molecule has 0 aliphatic carbocycles. The number of carbonyl (C=O) groups excluding carboxylic acids is 2. The van der Waals surface area contributed by atoms with E-state index < -0.39 is 11.4 Å². The summed E-state index contributed by atoms with van der Waals surface area (Å²) < 4.78 is 4.73. The first-order valence-electron chi connectivity index (χ1n) is 7.60. The van der Waals surface area contributed by atoms with Crippen molar-refractivity contribution in [3.63, 3.8) is 0 Å². The van der Waals surface area contributed by atoms with E-state index >= 15 is 0 Å². The number of hydrogen-bond donors (Lipinski definition) is 0. The number of hydrogen-bond acceptors (Lipinski definition) is 3. The smallest absolute Gasteiger partial charge is 0.325 e. The summed E-state index contributed by atoms with van der Waals surface area (Å²) in [5.74, 6) is -0.1000. The van der Waals surface area contributed by atoms with Gasteiger partial charge in [0, 0.05) is 12.0 Å². The maximum atomic E-state index is 12.6. The first kappa shape index (κ1) is 18.2. The summed E-state index contributed by atoms with van der Waals surface area (Å²) in [6.07, 6.45) is 0. The average Bonchev–Trinajstić information content (AvgIpc) is 2.44. The van der Waals surface area contributed by atoms with Gasteiger partial charge < -0.3 is 9.64 Å². The van der Waals surface area contributed by atoms with Crippen LogP contribution in [0.25, 0.3) is 0 Å². The maximum Gasteiger partial charge on any atom is 0.325 e. The predicted octanol–water partition coefficient (Wildman–Crippen LogP) is 3.36. The fourth-order valence-electron chi connectivity index (χ4n) is 2.34. The standard InChI is InChI=1S/C18H27NO3/c1-13(2)15-10-8-7-9-14(15)11-19(12-16(20)22-6)17(21)18(3,4)5/h7-10,13H,11-12H2,1-6H3. The monoisotopic (exact) mass is 305 g/mol. The second kappa shape index (κ2) is 7.43. The highest BCUT2D eigenvalue weighted by atomic mass is 16.5. The Labute approximate surface area is 133 Å². The Balaban J connectivity index is 3.08. The molecule has 0 spiro atoms. The molecule has 0 N–H and O–H groups in total. The van der Waals surface area contributed by atoms with E-state index in [1.165, 1.54) is 12.7 Å². The summed E-state index contributed by atoms with van der Waals surface area (Å²) >= 11 is 0. The van der Waals surface area contributed by atoms with Crippen LogP contribution in [0.3, 0.4) is 0 Å². The van der Waals surface area contributed by atoms with Crippen LogP contribution < -0.4 is 0 Å². The molecule has 0 aromatic heterocycles. The van der Waals surface area contributed by atoms with Crippen LogP contribution in [-0.4, -0.2) is 30.4 Å². The van der Waals surface area contributed by atoms with Gasteiger partial charge in [-0.1, -0.05) is 58.9 Å². The molecule has 0 unspecified atom stereocenters. The Hall–Kier alpha value is -1.84. The van der Waals surface area contributed by atoms with Crippen LogP contribution >= 0.6 is 0 Å². The molecule has 1 amide bonds. The summed E-state index contributed by atoms with van der Waals surface area (Å²) in [5.41, 5.74) is 1.72. The van der Waals surface area contributed by atoms with Crippen molar-refractivity contribution >= 4 is 11.9 Å². The van der Waals surface area contributed by atoms with Gasteiger partial charge in [-0.05, 0) is 17.0 Å². The zero-order chi connectivity index (χ0) is 16.9. The van der Waals surface area contributed by atoms with Crippen LogP contribution in [0.2, 0.25) is 0 Å². The lowest BCUT2D eigenvalue weighted by Gasteiger charge is -2.29. The van der Waals surface area contributed by atoms with E-state index in [0.29, 0.717) is 12.5 Å². The predicted molar refractivity (Wildman–Crippen MR) is 87.4 cm³/mol. The van der Waals surface area contributed by atoms with Crippen molar-refractivity contribution in [2.45, 2.75) is 47.1 Å². The van der Waals surface area contributed by atoms with Gasteiger partial charge in [-0.25, -0.2) is 0 Å². The molecule has 1 aromatic rings. The normalized spacial score (nSPS) is 11.4. The zero-order valence-electron chi connectivity index (χ0n) is 14.5. The number of benzene rings is 1. The molecule has 22 heavy (non-hydrogen) atoms. The molecule has 4 heteroatoms. The van der Waals surface area contributed by atoms with E-state index in [2.05, 4.69) is 19.9 Å². The SMILES string of the molecule is COC(=O)CN(Cc1ccccc1C(C)C)C(=O)C(C)(C)C. The van der Waals surface area contributed by atoms with Gasteiger partial charge in [-0.3, -0.25) is 9.59 Å². The molecule has 0 saturated carbocycles. The number of carbonyl (C=O) groups is 2. The molecule has 0 atom stereocenters. The van der Waals surface area contributed by atoms with Crippen LogP contribution in [0.4, 0.5) is 0 Å².